The van der Waals surface area contributed by atoms with Crippen LogP contribution >= 0.6 is 0 Å². The summed E-state index contributed by atoms with van der Waals surface area (Å²) in [4.78, 5) is 35.1. The first-order valence-corrected chi connectivity index (χ1v) is 14.8. The van der Waals surface area contributed by atoms with Gasteiger partial charge in [0, 0.05) is 48.6 Å². The number of amides is 3. The lowest BCUT2D eigenvalue weighted by atomic mass is 10.0. The Morgan fingerprint density at radius 3 is 2.50 bits per heavy atom. The van der Waals surface area contributed by atoms with E-state index in [1.807, 2.05) is 70.2 Å². The number of nitrogens with one attached hydrogen (secondary N) is 1. The van der Waals surface area contributed by atoms with Gasteiger partial charge in [0.1, 0.15) is 23.0 Å². The fourth-order valence-corrected chi connectivity index (χ4v) is 5.61. The van der Waals surface area contributed by atoms with E-state index in [4.69, 9.17) is 14.5 Å². The number of fused-ring (bicyclic) bond motifs is 1. The first-order valence-electron chi connectivity index (χ1n) is 14.8. The smallest absolute Gasteiger partial charge is 0.410 e. The molecule has 1 aliphatic heterocycles. The number of methoxy groups -OCH3 is 1. The average molecular weight is 602 g/mol. The molecule has 1 unspecified atom stereocenters. The Morgan fingerprint density at radius 2 is 1.80 bits per heavy atom. The second-order valence-electron chi connectivity index (χ2n) is 12.4. The summed E-state index contributed by atoms with van der Waals surface area (Å²) in [6.07, 6.45) is -0.422. The maximum atomic E-state index is 14.0. The van der Waals surface area contributed by atoms with E-state index in [-0.39, 0.29) is 24.4 Å². The van der Waals surface area contributed by atoms with Gasteiger partial charge in [-0.3, -0.25) is 0 Å². The van der Waals surface area contributed by atoms with Crippen LogP contribution in [0.15, 0.2) is 60.7 Å². The number of anilines is 1. The minimum Gasteiger partial charge on any atom is -0.496 e. The summed E-state index contributed by atoms with van der Waals surface area (Å²) >= 11 is 0. The van der Waals surface area contributed by atoms with Crippen molar-refractivity contribution in [2.45, 2.75) is 59.2 Å². The lowest BCUT2D eigenvalue weighted by Crippen LogP contribution is -2.54. The molecule has 1 aliphatic rings. The summed E-state index contributed by atoms with van der Waals surface area (Å²) in [5.41, 5.74) is 3.87. The van der Waals surface area contributed by atoms with E-state index in [2.05, 4.69) is 23.7 Å². The molecule has 3 amide bonds. The summed E-state index contributed by atoms with van der Waals surface area (Å²) in [5, 5.41) is 3.12. The minimum atomic E-state index is -0.641. The lowest BCUT2D eigenvalue weighted by Gasteiger charge is -2.42. The van der Waals surface area contributed by atoms with E-state index >= 15 is 0 Å². The van der Waals surface area contributed by atoms with Crippen molar-refractivity contribution in [1.82, 2.24) is 19.4 Å². The topological polar surface area (TPSA) is 88.9 Å². The predicted molar refractivity (Wildman–Crippen MR) is 170 cm³/mol. The van der Waals surface area contributed by atoms with E-state index in [0.29, 0.717) is 35.9 Å². The van der Waals surface area contributed by atoms with Crippen molar-refractivity contribution < 1.29 is 23.5 Å². The SMILES string of the molecule is COc1ccccc1C1CN(C(=O)OC(C)(C)C)CCN1C(=O)Nc1cc(-c2nc3cc(F)ccc3n2C(C)C)ccc1C. The van der Waals surface area contributed by atoms with Crippen LogP contribution in [0.5, 0.6) is 5.75 Å². The highest BCUT2D eigenvalue weighted by atomic mass is 19.1. The summed E-state index contributed by atoms with van der Waals surface area (Å²) in [6.45, 7) is 12.4. The molecule has 1 saturated heterocycles. The molecule has 10 heteroatoms. The van der Waals surface area contributed by atoms with E-state index in [1.54, 1.807) is 23.0 Å². The van der Waals surface area contributed by atoms with Crippen LogP contribution in [0, 0.1) is 12.7 Å². The van der Waals surface area contributed by atoms with Crippen molar-refractivity contribution in [2.24, 2.45) is 0 Å². The average Bonchev–Trinajstić information content (AvgIpc) is 3.36. The van der Waals surface area contributed by atoms with Gasteiger partial charge >= 0.3 is 12.1 Å². The monoisotopic (exact) mass is 601 g/mol. The van der Waals surface area contributed by atoms with E-state index in [1.165, 1.54) is 12.1 Å². The number of benzene rings is 3. The minimum absolute atomic E-state index is 0.0719. The van der Waals surface area contributed by atoms with Crippen molar-refractivity contribution in [3.63, 3.8) is 0 Å². The maximum Gasteiger partial charge on any atom is 0.410 e. The molecule has 9 nitrogen and oxygen atoms in total. The van der Waals surface area contributed by atoms with Gasteiger partial charge in [-0.25, -0.2) is 19.0 Å². The Morgan fingerprint density at radius 1 is 1.05 bits per heavy atom. The number of aryl methyl sites for hydroxylation is 1. The number of hydrogen-bond donors (Lipinski definition) is 1. The predicted octanol–water partition coefficient (Wildman–Crippen LogP) is 7.57. The standard InChI is InChI=1S/C34H40FN5O4/c1-21(2)40-28-15-14-24(35)19-27(28)36-31(40)23-13-12-22(3)26(18-23)37-32(41)39-17-16-38(33(42)44-34(4,5)6)20-29(39)25-10-8-9-11-30(25)43-7/h8-15,18-19,21,29H,16-17,20H2,1-7H3,(H,37,41). The fraction of sp³-hybridized carbons (Fsp3) is 0.382. The number of para-hydroxylation sites is 1. The quantitative estimate of drug-likeness (QED) is 0.255. The zero-order chi connectivity index (χ0) is 31.8. The largest absolute Gasteiger partial charge is 0.496 e. The van der Waals surface area contributed by atoms with Gasteiger partial charge in [-0.15, -0.1) is 0 Å². The van der Waals surface area contributed by atoms with Crippen molar-refractivity contribution in [3.05, 3.63) is 77.6 Å². The van der Waals surface area contributed by atoms with Gasteiger partial charge in [-0.2, -0.15) is 0 Å². The Labute approximate surface area is 257 Å². The number of piperazine rings is 1. The van der Waals surface area contributed by atoms with Crippen LogP contribution in [0.25, 0.3) is 22.4 Å². The second kappa shape index (κ2) is 12.2. The van der Waals surface area contributed by atoms with Crippen LogP contribution in [0.1, 0.15) is 57.8 Å². The molecular weight excluding hydrogens is 561 g/mol. The zero-order valence-electron chi connectivity index (χ0n) is 26.3. The first-order chi connectivity index (χ1) is 20.9. The summed E-state index contributed by atoms with van der Waals surface area (Å²) in [5.74, 6) is 0.975. The third-order valence-electron chi connectivity index (χ3n) is 7.70. The molecule has 3 aromatic carbocycles. The number of hydrogen-bond acceptors (Lipinski definition) is 5. The molecule has 0 bridgehead atoms. The molecule has 1 N–H and O–H groups in total. The molecule has 44 heavy (non-hydrogen) atoms. The van der Waals surface area contributed by atoms with Crippen LogP contribution in [0.3, 0.4) is 0 Å². The number of aromatic nitrogens is 2. The summed E-state index contributed by atoms with van der Waals surface area (Å²) in [6, 6.07) is 17.2. The second-order valence-corrected chi connectivity index (χ2v) is 12.4. The van der Waals surface area contributed by atoms with Crippen molar-refractivity contribution in [2.75, 3.05) is 32.1 Å². The molecule has 1 aromatic heterocycles. The highest BCUT2D eigenvalue weighted by Gasteiger charge is 2.37. The molecule has 2 heterocycles. The van der Waals surface area contributed by atoms with E-state index in [9.17, 15) is 14.0 Å². The highest BCUT2D eigenvalue weighted by molar-refractivity contribution is 5.92. The van der Waals surface area contributed by atoms with Gasteiger partial charge < -0.3 is 29.2 Å². The Kier molecular flexibility index (Phi) is 8.54. The molecule has 0 saturated carbocycles. The number of ether oxygens (including phenoxy) is 2. The number of carbonyl (C=O) groups is 2. The number of carbonyl (C=O) groups excluding carboxylic acids is 2. The molecular formula is C34H40FN5O4. The number of rotatable bonds is 5. The lowest BCUT2D eigenvalue weighted by molar-refractivity contribution is 0.00937. The van der Waals surface area contributed by atoms with Crippen LogP contribution in [0.2, 0.25) is 0 Å². The van der Waals surface area contributed by atoms with Crippen LogP contribution in [-0.2, 0) is 4.74 Å². The first kappa shape index (κ1) is 30.8. The van der Waals surface area contributed by atoms with E-state index < -0.39 is 17.7 Å². The third-order valence-corrected chi connectivity index (χ3v) is 7.70. The van der Waals surface area contributed by atoms with Gasteiger partial charge in [0.15, 0.2) is 0 Å². The number of imidazole rings is 1. The van der Waals surface area contributed by atoms with E-state index in [0.717, 1.165) is 22.2 Å². The van der Waals surface area contributed by atoms with Gasteiger partial charge in [-0.05, 0) is 71.4 Å². The Bertz CT molecular complexity index is 1690. The molecule has 232 valence electrons. The van der Waals surface area contributed by atoms with Crippen molar-refractivity contribution >= 4 is 28.8 Å². The van der Waals surface area contributed by atoms with Gasteiger partial charge in [0.25, 0.3) is 0 Å². The van der Waals surface area contributed by atoms with Crippen molar-refractivity contribution in [1.29, 1.82) is 0 Å². The number of urea groups is 1. The number of nitrogens with zero attached hydrogens (tertiary/aromatic N) is 4. The summed E-state index contributed by atoms with van der Waals surface area (Å²) in [7, 11) is 1.59. The molecule has 0 aliphatic carbocycles. The van der Waals surface area contributed by atoms with Crippen LogP contribution in [-0.4, -0.2) is 63.8 Å². The molecule has 5 rings (SSSR count). The Balaban J connectivity index is 1.47. The van der Waals surface area contributed by atoms with Gasteiger partial charge in [0.05, 0.1) is 24.2 Å². The maximum absolute atomic E-state index is 14.0. The molecule has 1 atom stereocenters. The normalized spacial score (nSPS) is 15.5. The zero-order valence-corrected chi connectivity index (χ0v) is 26.3. The molecule has 0 spiro atoms. The van der Waals surface area contributed by atoms with Crippen LogP contribution in [0.4, 0.5) is 19.7 Å². The van der Waals surface area contributed by atoms with Gasteiger partial charge in [0.2, 0.25) is 0 Å². The molecule has 4 aromatic rings. The number of halogens is 1. The van der Waals surface area contributed by atoms with Crippen LogP contribution < -0.4 is 10.1 Å². The highest BCUT2D eigenvalue weighted by Crippen LogP contribution is 2.35. The van der Waals surface area contributed by atoms with Gasteiger partial charge in [-0.1, -0.05) is 30.3 Å². The molecule has 0 radical (unpaired) electrons. The fourth-order valence-electron chi connectivity index (χ4n) is 5.61. The molecule has 1 fully saturated rings. The van der Waals surface area contributed by atoms with Crippen molar-refractivity contribution in [3.8, 4) is 17.1 Å². The Hall–Kier alpha value is -4.60. The summed E-state index contributed by atoms with van der Waals surface area (Å²) < 4.78 is 27.4. The third kappa shape index (κ3) is 6.34.